The van der Waals surface area contributed by atoms with E-state index in [1.807, 2.05) is 0 Å². The molecule has 3 aliphatic rings. The van der Waals surface area contributed by atoms with Crippen molar-refractivity contribution in [3.05, 3.63) is 317 Å². The summed E-state index contributed by atoms with van der Waals surface area (Å²) >= 11 is 0. The molecule has 0 aromatic heterocycles. The molecule has 0 saturated carbocycles. The lowest BCUT2D eigenvalue weighted by atomic mass is 9.52. The van der Waals surface area contributed by atoms with Crippen LogP contribution in [0, 0.1) is 0 Å². The highest BCUT2D eigenvalue weighted by atomic mass is 15.1. The summed E-state index contributed by atoms with van der Waals surface area (Å²) in [7, 11) is 0. The van der Waals surface area contributed by atoms with E-state index in [1.165, 1.54) is 100 Å². The van der Waals surface area contributed by atoms with E-state index in [-0.39, 0.29) is 0 Å². The number of para-hydroxylation sites is 1. The van der Waals surface area contributed by atoms with Crippen LogP contribution in [0.2, 0.25) is 0 Å². The first kappa shape index (κ1) is 39.4. The second-order valence-electron chi connectivity index (χ2n) is 18.7. The Bertz CT molecular complexity index is 3680. The smallest absolute Gasteiger partial charge is 0.0720 e. The van der Waals surface area contributed by atoms with Crippen molar-refractivity contribution in [3.8, 4) is 55.6 Å². The molecule has 1 heteroatoms. The Labute approximate surface area is 403 Å². The molecule has 322 valence electrons. The molecule has 0 heterocycles. The lowest BCUT2D eigenvalue weighted by Crippen LogP contribution is -2.43. The number of benzene rings is 11. The van der Waals surface area contributed by atoms with Crippen LogP contribution in [0.25, 0.3) is 55.6 Å². The number of fused-ring (bicyclic) bond motifs is 16. The predicted octanol–water partition coefficient (Wildman–Crippen LogP) is 17.2. The molecule has 0 bridgehead atoms. The molecule has 0 saturated heterocycles. The summed E-state index contributed by atoms with van der Waals surface area (Å²) in [5.74, 6) is 0. The summed E-state index contributed by atoms with van der Waals surface area (Å²) in [6.45, 7) is 0. The van der Waals surface area contributed by atoms with E-state index in [2.05, 4.69) is 278 Å². The molecule has 1 nitrogen and oxygen atoms in total. The van der Waals surface area contributed by atoms with Gasteiger partial charge >= 0.3 is 0 Å². The van der Waals surface area contributed by atoms with Crippen molar-refractivity contribution < 1.29 is 0 Å². The maximum Gasteiger partial charge on any atom is 0.0720 e. The van der Waals surface area contributed by atoms with Gasteiger partial charge in [0.1, 0.15) is 0 Å². The summed E-state index contributed by atoms with van der Waals surface area (Å²) in [6.07, 6.45) is 0. The Balaban J connectivity index is 1.05. The zero-order chi connectivity index (χ0) is 45.5. The van der Waals surface area contributed by atoms with Crippen LogP contribution in [0.3, 0.4) is 0 Å². The van der Waals surface area contributed by atoms with Gasteiger partial charge < -0.3 is 4.90 Å². The van der Waals surface area contributed by atoms with Crippen molar-refractivity contribution in [1.29, 1.82) is 0 Å². The lowest BCUT2D eigenvalue weighted by molar-refractivity contribution is 0.633. The van der Waals surface area contributed by atoms with Crippen LogP contribution < -0.4 is 4.90 Å². The second-order valence-corrected chi connectivity index (χ2v) is 18.7. The zero-order valence-corrected chi connectivity index (χ0v) is 37.9. The molecule has 0 amide bonds. The standard InChI is InChI=1S/C68H45N/c1-3-19-46(20-4-1)47-35-37-48(38-36-47)49-39-41-51(42-40-49)69(66-34-18-11-23-53(66)50-21-5-2-6-22-50)52-43-44-64-65(45-52)68(60-30-14-9-26-56(60)57-27-10-15-31-61(57)68)63-33-17-16-32-62(63)67(64)58-28-12-7-24-54(58)55-25-8-13-29-59(55)67/h1-45H. The highest BCUT2D eigenvalue weighted by Crippen LogP contribution is 2.68. The average Bonchev–Trinajstić information content (AvgIpc) is 3.90. The van der Waals surface area contributed by atoms with Crippen molar-refractivity contribution in [3.63, 3.8) is 0 Å². The number of nitrogens with zero attached hydrogens (tertiary/aromatic N) is 1. The Morgan fingerprint density at radius 2 is 0.522 bits per heavy atom. The van der Waals surface area contributed by atoms with Gasteiger partial charge in [-0.3, -0.25) is 0 Å². The van der Waals surface area contributed by atoms with Crippen molar-refractivity contribution >= 4 is 17.1 Å². The monoisotopic (exact) mass is 875 g/mol. The van der Waals surface area contributed by atoms with Crippen LogP contribution in [0.15, 0.2) is 273 Å². The highest BCUT2D eigenvalue weighted by Gasteiger charge is 2.59. The van der Waals surface area contributed by atoms with E-state index in [9.17, 15) is 0 Å². The lowest BCUT2D eigenvalue weighted by Gasteiger charge is -2.49. The molecule has 11 aromatic rings. The minimum absolute atomic E-state index is 0.556. The van der Waals surface area contributed by atoms with Crippen molar-refractivity contribution in [2.75, 3.05) is 4.90 Å². The van der Waals surface area contributed by atoms with Gasteiger partial charge in [0.2, 0.25) is 0 Å². The number of anilines is 3. The van der Waals surface area contributed by atoms with Gasteiger partial charge in [-0.25, -0.2) is 0 Å². The van der Waals surface area contributed by atoms with E-state index in [0.29, 0.717) is 0 Å². The zero-order valence-electron chi connectivity index (χ0n) is 37.9. The molecule has 11 aromatic carbocycles. The number of rotatable bonds is 6. The fourth-order valence-electron chi connectivity index (χ4n) is 12.6. The summed E-state index contributed by atoms with van der Waals surface area (Å²) < 4.78 is 0. The predicted molar refractivity (Wildman–Crippen MR) is 286 cm³/mol. The minimum atomic E-state index is -0.604. The van der Waals surface area contributed by atoms with Crippen molar-refractivity contribution in [2.45, 2.75) is 10.8 Å². The molecule has 0 N–H and O–H groups in total. The Morgan fingerprint density at radius 1 is 0.203 bits per heavy atom. The first-order valence-electron chi connectivity index (χ1n) is 24.1. The molecule has 0 unspecified atom stereocenters. The highest BCUT2D eigenvalue weighted by molar-refractivity contribution is 5.96. The van der Waals surface area contributed by atoms with E-state index >= 15 is 0 Å². The van der Waals surface area contributed by atoms with Crippen LogP contribution in [0.4, 0.5) is 17.1 Å². The van der Waals surface area contributed by atoms with Crippen molar-refractivity contribution in [2.24, 2.45) is 0 Å². The normalized spacial score (nSPS) is 13.7. The molecule has 0 fully saturated rings. The third kappa shape index (κ3) is 5.59. The van der Waals surface area contributed by atoms with E-state index in [1.54, 1.807) is 0 Å². The second kappa shape index (κ2) is 15.4. The maximum atomic E-state index is 2.56. The van der Waals surface area contributed by atoms with Gasteiger partial charge in [0.15, 0.2) is 0 Å². The van der Waals surface area contributed by atoms with Crippen molar-refractivity contribution in [1.82, 2.24) is 0 Å². The third-order valence-electron chi connectivity index (χ3n) is 15.4. The third-order valence-corrected chi connectivity index (χ3v) is 15.4. The van der Waals surface area contributed by atoms with Gasteiger partial charge in [-0.05, 0) is 125 Å². The summed E-state index contributed by atoms with van der Waals surface area (Å²) in [5.41, 5.74) is 25.1. The molecule has 0 atom stereocenters. The largest absolute Gasteiger partial charge is 0.310 e. The van der Waals surface area contributed by atoms with Gasteiger partial charge in [-0.2, -0.15) is 0 Å². The fourth-order valence-corrected chi connectivity index (χ4v) is 12.6. The molecule has 0 aliphatic heterocycles. The van der Waals surface area contributed by atoms with Gasteiger partial charge in [-0.15, -0.1) is 0 Å². The quantitative estimate of drug-likeness (QED) is 0.161. The topological polar surface area (TPSA) is 3.24 Å². The average molecular weight is 876 g/mol. The number of hydrogen-bond acceptors (Lipinski definition) is 1. The molecule has 69 heavy (non-hydrogen) atoms. The summed E-state index contributed by atoms with van der Waals surface area (Å²) in [4.78, 5) is 2.50. The maximum absolute atomic E-state index is 2.56. The van der Waals surface area contributed by atoms with E-state index in [4.69, 9.17) is 0 Å². The first-order chi connectivity index (χ1) is 34.2. The van der Waals surface area contributed by atoms with Gasteiger partial charge in [0.05, 0.1) is 16.5 Å². The van der Waals surface area contributed by atoms with Crippen LogP contribution in [0.5, 0.6) is 0 Å². The minimum Gasteiger partial charge on any atom is -0.310 e. The van der Waals surface area contributed by atoms with Crippen LogP contribution in [-0.2, 0) is 10.8 Å². The van der Waals surface area contributed by atoms with E-state index in [0.717, 1.165) is 17.1 Å². The Morgan fingerprint density at radius 3 is 1.00 bits per heavy atom. The molecule has 0 radical (unpaired) electrons. The van der Waals surface area contributed by atoms with E-state index < -0.39 is 10.8 Å². The van der Waals surface area contributed by atoms with Gasteiger partial charge in [0, 0.05) is 16.9 Å². The Hall–Kier alpha value is -8.78. The molecular formula is C68H45N. The summed E-state index contributed by atoms with van der Waals surface area (Å²) in [6, 6.07) is 102. The van der Waals surface area contributed by atoms with Gasteiger partial charge in [0.25, 0.3) is 0 Å². The molecule has 3 aliphatic carbocycles. The van der Waals surface area contributed by atoms with Crippen LogP contribution >= 0.6 is 0 Å². The van der Waals surface area contributed by atoms with Crippen LogP contribution in [-0.4, -0.2) is 0 Å². The van der Waals surface area contributed by atoms with Gasteiger partial charge in [-0.1, -0.05) is 243 Å². The molecule has 2 spiro atoms. The molecular weight excluding hydrogens is 831 g/mol. The summed E-state index contributed by atoms with van der Waals surface area (Å²) in [5, 5.41) is 0. The Kier molecular flexibility index (Phi) is 8.78. The first-order valence-corrected chi connectivity index (χ1v) is 24.1. The SMILES string of the molecule is c1ccc(-c2ccc(-c3ccc(N(c4ccc5c(c4)C4(c6ccccc6-c6ccccc64)c4ccccc4C54c5ccccc5-c5ccccc54)c4ccccc4-c4ccccc4)cc3)cc2)cc1. The fraction of sp³-hybridized carbons (Fsp3) is 0.0294. The molecule has 14 rings (SSSR count). The number of hydrogen-bond donors (Lipinski definition) is 0. The van der Waals surface area contributed by atoms with Crippen LogP contribution in [0.1, 0.15) is 44.5 Å².